The lowest BCUT2D eigenvalue weighted by molar-refractivity contribution is 0.101. The molecule has 0 fully saturated rings. The summed E-state index contributed by atoms with van der Waals surface area (Å²) in [6, 6.07) is 1.66. The molecule has 0 atom stereocenters. The lowest BCUT2D eigenvalue weighted by atomic mass is 9.97. The summed E-state index contributed by atoms with van der Waals surface area (Å²) in [4.78, 5) is 23.5. The van der Waals surface area contributed by atoms with Crippen LogP contribution in [0.5, 0.6) is 5.75 Å². The van der Waals surface area contributed by atoms with Crippen LogP contribution in [0.15, 0.2) is 15.3 Å². The predicted octanol–water partition coefficient (Wildman–Crippen LogP) is 2.50. The maximum atomic E-state index is 11.9. The number of Topliss-reactive ketones (excluding diaryl/α,β-unsaturated/α-hetero) is 1. The zero-order valence-corrected chi connectivity index (χ0v) is 10.9. The van der Waals surface area contributed by atoms with Crippen LogP contribution in [0.4, 0.5) is 0 Å². The van der Waals surface area contributed by atoms with Gasteiger partial charge in [-0.05, 0) is 50.3 Å². The molecule has 1 aliphatic rings. The van der Waals surface area contributed by atoms with Crippen LogP contribution in [0, 0.1) is 6.92 Å². The van der Waals surface area contributed by atoms with Crippen molar-refractivity contribution >= 4 is 16.8 Å². The van der Waals surface area contributed by atoms with Gasteiger partial charge in [0.1, 0.15) is 11.3 Å². The quantitative estimate of drug-likeness (QED) is 0.630. The SMILES string of the molecule is CC(=O)c1c(C)cc2oc(=O)c3c(c2c1O)CCC3. The fourth-order valence-corrected chi connectivity index (χ4v) is 2.99. The summed E-state index contributed by atoms with van der Waals surface area (Å²) in [5.41, 5.74) is 2.46. The minimum absolute atomic E-state index is 0.0515. The molecule has 1 aromatic heterocycles. The smallest absolute Gasteiger partial charge is 0.339 e. The largest absolute Gasteiger partial charge is 0.506 e. The normalized spacial score (nSPS) is 13.8. The van der Waals surface area contributed by atoms with E-state index in [1.165, 1.54) is 6.92 Å². The Kier molecular flexibility index (Phi) is 2.49. The summed E-state index contributed by atoms with van der Waals surface area (Å²) in [6.45, 7) is 3.15. The number of phenols is 1. The van der Waals surface area contributed by atoms with Crippen LogP contribution in [0.3, 0.4) is 0 Å². The van der Waals surface area contributed by atoms with Crippen LogP contribution in [0.2, 0.25) is 0 Å². The van der Waals surface area contributed by atoms with E-state index in [9.17, 15) is 14.7 Å². The molecule has 0 spiro atoms. The molecule has 0 unspecified atom stereocenters. The summed E-state index contributed by atoms with van der Waals surface area (Å²) < 4.78 is 5.27. The molecule has 2 aromatic rings. The number of hydrogen-bond acceptors (Lipinski definition) is 4. The van der Waals surface area contributed by atoms with Gasteiger partial charge in [-0.2, -0.15) is 0 Å². The first kappa shape index (κ1) is 12.0. The molecule has 98 valence electrons. The third-order valence-electron chi connectivity index (χ3n) is 3.78. The maximum Gasteiger partial charge on any atom is 0.339 e. The van der Waals surface area contributed by atoms with Gasteiger partial charge in [-0.15, -0.1) is 0 Å². The zero-order chi connectivity index (χ0) is 13.7. The van der Waals surface area contributed by atoms with Crippen molar-refractivity contribution in [2.45, 2.75) is 33.1 Å². The van der Waals surface area contributed by atoms with Gasteiger partial charge in [0, 0.05) is 5.56 Å². The van der Waals surface area contributed by atoms with Crippen LogP contribution < -0.4 is 5.63 Å². The van der Waals surface area contributed by atoms with Gasteiger partial charge >= 0.3 is 5.63 Å². The lowest BCUT2D eigenvalue weighted by Crippen LogP contribution is -2.08. The van der Waals surface area contributed by atoms with Gasteiger partial charge in [-0.3, -0.25) is 4.79 Å². The van der Waals surface area contributed by atoms with Crippen molar-refractivity contribution in [1.29, 1.82) is 0 Å². The van der Waals surface area contributed by atoms with Crippen molar-refractivity contribution in [2.75, 3.05) is 0 Å². The average molecular weight is 258 g/mol. The highest BCUT2D eigenvalue weighted by Gasteiger charge is 2.24. The average Bonchev–Trinajstić information content (AvgIpc) is 2.76. The minimum atomic E-state index is -0.325. The number of benzene rings is 1. The third kappa shape index (κ3) is 1.59. The number of aromatic hydroxyl groups is 1. The van der Waals surface area contributed by atoms with Gasteiger partial charge in [0.2, 0.25) is 0 Å². The minimum Gasteiger partial charge on any atom is -0.506 e. The van der Waals surface area contributed by atoms with E-state index in [0.29, 0.717) is 34.1 Å². The molecular formula is C15H14O4. The molecule has 0 amide bonds. The molecule has 0 radical (unpaired) electrons. The fourth-order valence-electron chi connectivity index (χ4n) is 2.99. The number of carbonyl (C=O) groups is 1. The molecule has 0 saturated heterocycles. The van der Waals surface area contributed by atoms with Gasteiger partial charge in [-0.1, -0.05) is 0 Å². The first-order valence-electron chi connectivity index (χ1n) is 6.32. The van der Waals surface area contributed by atoms with Crippen LogP contribution in [-0.4, -0.2) is 10.9 Å². The summed E-state index contributed by atoms with van der Waals surface area (Å²) in [5, 5.41) is 10.9. The van der Waals surface area contributed by atoms with E-state index in [-0.39, 0.29) is 17.2 Å². The van der Waals surface area contributed by atoms with E-state index in [4.69, 9.17) is 4.42 Å². The van der Waals surface area contributed by atoms with Crippen molar-refractivity contribution in [3.05, 3.63) is 38.7 Å². The van der Waals surface area contributed by atoms with Crippen molar-refractivity contribution < 1.29 is 14.3 Å². The van der Waals surface area contributed by atoms with Crippen LogP contribution >= 0.6 is 0 Å². The molecule has 4 nitrogen and oxygen atoms in total. The van der Waals surface area contributed by atoms with E-state index in [1.807, 2.05) is 0 Å². The molecular weight excluding hydrogens is 244 g/mol. The molecule has 1 N–H and O–H groups in total. The van der Waals surface area contributed by atoms with E-state index in [1.54, 1.807) is 13.0 Å². The summed E-state index contributed by atoms with van der Waals surface area (Å²) >= 11 is 0. The topological polar surface area (TPSA) is 67.5 Å². The van der Waals surface area contributed by atoms with E-state index in [2.05, 4.69) is 0 Å². The molecule has 4 heteroatoms. The summed E-state index contributed by atoms with van der Waals surface area (Å²) in [7, 11) is 0. The first-order valence-corrected chi connectivity index (χ1v) is 6.32. The molecule has 3 rings (SSSR count). The Bertz CT molecular complexity index is 768. The summed E-state index contributed by atoms with van der Waals surface area (Å²) in [5.74, 6) is -0.237. The highest BCUT2D eigenvalue weighted by molar-refractivity contribution is 6.05. The molecule has 1 aromatic carbocycles. The van der Waals surface area contributed by atoms with Crippen molar-refractivity contribution in [3.63, 3.8) is 0 Å². The second-order valence-corrected chi connectivity index (χ2v) is 5.05. The number of carbonyl (C=O) groups excluding carboxylic acids is 1. The molecule has 0 saturated carbocycles. The molecule has 1 aliphatic carbocycles. The first-order chi connectivity index (χ1) is 9.00. The number of aryl methyl sites for hydroxylation is 2. The Balaban J connectivity index is 2.52. The molecule has 19 heavy (non-hydrogen) atoms. The number of fused-ring (bicyclic) bond motifs is 3. The van der Waals surface area contributed by atoms with E-state index < -0.39 is 0 Å². The Hall–Kier alpha value is -2.10. The third-order valence-corrected chi connectivity index (χ3v) is 3.78. The molecule has 1 heterocycles. The van der Waals surface area contributed by atoms with Gasteiger partial charge in [0.05, 0.1) is 10.9 Å². The zero-order valence-electron chi connectivity index (χ0n) is 10.9. The summed E-state index contributed by atoms with van der Waals surface area (Å²) in [6.07, 6.45) is 2.30. The number of hydrogen-bond donors (Lipinski definition) is 1. The standard InChI is InChI=1S/C15H14O4/c1-7-6-11-13(14(17)12(7)8(2)16)9-4-3-5-10(9)15(18)19-11/h6,17H,3-5H2,1-2H3. The number of rotatable bonds is 1. The van der Waals surface area contributed by atoms with Gasteiger partial charge in [-0.25, -0.2) is 4.79 Å². The van der Waals surface area contributed by atoms with E-state index in [0.717, 1.165) is 18.4 Å². The fraction of sp³-hybridized carbons (Fsp3) is 0.333. The van der Waals surface area contributed by atoms with Gasteiger partial charge < -0.3 is 9.52 Å². The Morgan fingerprint density at radius 2 is 2.00 bits per heavy atom. The van der Waals surface area contributed by atoms with Gasteiger partial charge in [0.25, 0.3) is 0 Å². The second kappa shape index (κ2) is 3.95. The van der Waals surface area contributed by atoms with Crippen LogP contribution in [-0.2, 0) is 12.8 Å². The maximum absolute atomic E-state index is 11.9. The predicted molar refractivity (Wildman–Crippen MR) is 70.9 cm³/mol. The lowest BCUT2D eigenvalue weighted by Gasteiger charge is -2.11. The Morgan fingerprint density at radius 3 is 2.68 bits per heavy atom. The second-order valence-electron chi connectivity index (χ2n) is 5.05. The van der Waals surface area contributed by atoms with Crippen molar-refractivity contribution in [1.82, 2.24) is 0 Å². The number of ketones is 1. The molecule has 0 aliphatic heterocycles. The van der Waals surface area contributed by atoms with Crippen LogP contribution in [0.25, 0.3) is 11.0 Å². The van der Waals surface area contributed by atoms with Crippen LogP contribution in [0.1, 0.15) is 40.4 Å². The molecule has 0 bridgehead atoms. The highest BCUT2D eigenvalue weighted by atomic mass is 16.4. The Labute approximate surface area is 109 Å². The Morgan fingerprint density at radius 1 is 1.32 bits per heavy atom. The highest BCUT2D eigenvalue weighted by Crippen LogP contribution is 2.37. The van der Waals surface area contributed by atoms with Crippen molar-refractivity contribution in [3.8, 4) is 5.75 Å². The van der Waals surface area contributed by atoms with Gasteiger partial charge in [0.15, 0.2) is 5.78 Å². The number of phenolic OH excluding ortho intramolecular Hbond substituents is 1. The van der Waals surface area contributed by atoms with E-state index >= 15 is 0 Å². The van der Waals surface area contributed by atoms with Crippen molar-refractivity contribution in [2.24, 2.45) is 0 Å². The monoisotopic (exact) mass is 258 g/mol.